The summed E-state index contributed by atoms with van der Waals surface area (Å²) in [6.07, 6.45) is 3.02. The molecule has 0 aromatic heterocycles. The number of anilines is 2. The molecule has 0 atom stereocenters. The number of amides is 2. The van der Waals surface area contributed by atoms with Gasteiger partial charge in [-0.15, -0.1) is 0 Å². The molecule has 0 saturated carbocycles. The van der Waals surface area contributed by atoms with Crippen molar-refractivity contribution in [2.45, 2.75) is 0 Å². The Bertz CT molecular complexity index is 1110. The molecular formula is C24H21ClN2O4. The second-order valence-electron chi connectivity index (χ2n) is 6.45. The topological polar surface area (TPSA) is 76.7 Å². The van der Waals surface area contributed by atoms with Crippen LogP contribution in [-0.4, -0.2) is 26.0 Å². The minimum Gasteiger partial charge on any atom is -0.497 e. The number of ether oxygens (including phenoxy) is 2. The summed E-state index contributed by atoms with van der Waals surface area (Å²) >= 11 is 6.28. The number of carbonyl (C=O) groups is 2. The van der Waals surface area contributed by atoms with E-state index >= 15 is 0 Å². The van der Waals surface area contributed by atoms with E-state index in [1.54, 1.807) is 81.0 Å². The van der Waals surface area contributed by atoms with Crippen molar-refractivity contribution in [3.63, 3.8) is 0 Å². The zero-order valence-electron chi connectivity index (χ0n) is 17.0. The highest BCUT2D eigenvalue weighted by Crippen LogP contribution is 2.27. The number of hydrogen-bond donors (Lipinski definition) is 2. The standard InChI is InChI=1S/C24H21ClN2O4/c1-30-19-10-12-22(31-2)17(14-19)8-13-23(28)26-18-9-11-21(20(25)15-18)27-24(29)16-6-4-3-5-7-16/h3-15H,1-2H3,(H,26,28)(H,27,29)/b13-8+. The molecule has 0 bridgehead atoms. The number of hydrogen-bond acceptors (Lipinski definition) is 4. The van der Waals surface area contributed by atoms with Crippen LogP contribution in [0.15, 0.2) is 72.8 Å². The highest BCUT2D eigenvalue weighted by atomic mass is 35.5. The first-order valence-corrected chi connectivity index (χ1v) is 9.75. The highest BCUT2D eigenvalue weighted by Gasteiger charge is 2.09. The van der Waals surface area contributed by atoms with Gasteiger partial charge in [0.1, 0.15) is 11.5 Å². The number of methoxy groups -OCH3 is 2. The van der Waals surface area contributed by atoms with Gasteiger partial charge in [-0.1, -0.05) is 29.8 Å². The molecule has 3 aromatic carbocycles. The van der Waals surface area contributed by atoms with Crippen LogP contribution < -0.4 is 20.1 Å². The fourth-order valence-electron chi connectivity index (χ4n) is 2.80. The van der Waals surface area contributed by atoms with Gasteiger partial charge in [0.25, 0.3) is 5.91 Å². The van der Waals surface area contributed by atoms with Gasteiger partial charge in [-0.05, 0) is 54.6 Å². The largest absolute Gasteiger partial charge is 0.497 e. The SMILES string of the molecule is COc1ccc(OC)c(/C=C/C(=O)Nc2ccc(NC(=O)c3ccccc3)c(Cl)c2)c1. The fraction of sp³-hybridized carbons (Fsp3) is 0.0833. The molecule has 3 rings (SSSR count). The quantitative estimate of drug-likeness (QED) is 0.495. The molecule has 0 saturated heterocycles. The number of halogens is 1. The van der Waals surface area contributed by atoms with Crippen molar-refractivity contribution >= 4 is 40.9 Å². The lowest BCUT2D eigenvalue weighted by Crippen LogP contribution is -2.12. The Morgan fingerprint density at radius 3 is 2.35 bits per heavy atom. The van der Waals surface area contributed by atoms with Crippen molar-refractivity contribution in [3.05, 3.63) is 89.0 Å². The number of nitrogens with one attached hydrogen (secondary N) is 2. The van der Waals surface area contributed by atoms with Gasteiger partial charge in [-0.3, -0.25) is 9.59 Å². The molecule has 0 radical (unpaired) electrons. The average Bonchev–Trinajstić information content (AvgIpc) is 2.79. The monoisotopic (exact) mass is 436 g/mol. The summed E-state index contributed by atoms with van der Waals surface area (Å²) in [7, 11) is 3.12. The molecule has 158 valence electrons. The maximum atomic E-state index is 12.3. The lowest BCUT2D eigenvalue weighted by atomic mass is 10.1. The zero-order valence-corrected chi connectivity index (χ0v) is 17.8. The maximum Gasteiger partial charge on any atom is 0.255 e. The van der Waals surface area contributed by atoms with E-state index in [9.17, 15) is 9.59 Å². The van der Waals surface area contributed by atoms with Gasteiger partial charge in [0, 0.05) is 22.9 Å². The van der Waals surface area contributed by atoms with Crippen molar-refractivity contribution in [3.8, 4) is 11.5 Å². The van der Waals surface area contributed by atoms with Gasteiger partial charge in [-0.2, -0.15) is 0 Å². The van der Waals surface area contributed by atoms with Crippen LogP contribution in [-0.2, 0) is 4.79 Å². The lowest BCUT2D eigenvalue weighted by Gasteiger charge is -2.10. The van der Waals surface area contributed by atoms with Crippen LogP contribution in [0, 0.1) is 0 Å². The van der Waals surface area contributed by atoms with E-state index in [1.165, 1.54) is 6.08 Å². The summed E-state index contributed by atoms with van der Waals surface area (Å²) in [6.45, 7) is 0. The van der Waals surface area contributed by atoms with Gasteiger partial charge in [-0.25, -0.2) is 0 Å². The van der Waals surface area contributed by atoms with E-state index in [2.05, 4.69) is 10.6 Å². The average molecular weight is 437 g/mol. The minimum absolute atomic E-state index is 0.269. The summed E-state index contributed by atoms with van der Waals surface area (Å²) in [5.74, 6) is 0.656. The Balaban J connectivity index is 1.66. The Hall–Kier alpha value is -3.77. The zero-order chi connectivity index (χ0) is 22.2. The van der Waals surface area contributed by atoms with Crippen molar-refractivity contribution in [1.29, 1.82) is 0 Å². The molecule has 31 heavy (non-hydrogen) atoms. The van der Waals surface area contributed by atoms with Crippen LogP contribution in [0.2, 0.25) is 5.02 Å². The van der Waals surface area contributed by atoms with E-state index in [-0.39, 0.29) is 11.8 Å². The Labute approximate surface area is 185 Å². The predicted octanol–water partition coefficient (Wildman–Crippen LogP) is 5.26. The summed E-state index contributed by atoms with van der Waals surface area (Å²) in [5, 5.41) is 5.80. The summed E-state index contributed by atoms with van der Waals surface area (Å²) in [4.78, 5) is 24.6. The predicted molar refractivity (Wildman–Crippen MR) is 123 cm³/mol. The minimum atomic E-state index is -0.345. The van der Waals surface area contributed by atoms with E-state index in [4.69, 9.17) is 21.1 Å². The van der Waals surface area contributed by atoms with Crippen LogP contribution in [0.5, 0.6) is 11.5 Å². The third kappa shape index (κ3) is 5.87. The number of rotatable bonds is 7. The number of benzene rings is 3. The van der Waals surface area contributed by atoms with E-state index in [1.807, 2.05) is 6.07 Å². The van der Waals surface area contributed by atoms with Gasteiger partial charge in [0.15, 0.2) is 0 Å². The van der Waals surface area contributed by atoms with Gasteiger partial charge < -0.3 is 20.1 Å². The van der Waals surface area contributed by atoms with Crippen LogP contribution in [0.1, 0.15) is 15.9 Å². The normalized spacial score (nSPS) is 10.5. The van der Waals surface area contributed by atoms with Crippen LogP contribution in [0.4, 0.5) is 11.4 Å². The Kier molecular flexibility index (Phi) is 7.30. The molecule has 3 aromatic rings. The summed E-state index contributed by atoms with van der Waals surface area (Å²) in [5.41, 5.74) is 2.17. The third-order valence-corrected chi connectivity index (χ3v) is 4.68. The molecule has 0 fully saturated rings. The van der Waals surface area contributed by atoms with Crippen LogP contribution in [0.3, 0.4) is 0 Å². The first-order valence-electron chi connectivity index (χ1n) is 9.37. The van der Waals surface area contributed by atoms with Crippen molar-refractivity contribution in [2.75, 3.05) is 24.9 Å². The number of carbonyl (C=O) groups excluding carboxylic acids is 2. The molecule has 0 heterocycles. The van der Waals surface area contributed by atoms with Gasteiger partial charge >= 0.3 is 0 Å². The van der Waals surface area contributed by atoms with Crippen molar-refractivity contribution in [2.24, 2.45) is 0 Å². The maximum absolute atomic E-state index is 12.3. The second kappa shape index (κ2) is 10.3. The fourth-order valence-corrected chi connectivity index (χ4v) is 3.03. The van der Waals surface area contributed by atoms with E-state index in [0.717, 1.165) is 0 Å². The summed E-state index contributed by atoms with van der Waals surface area (Å²) in [6, 6.07) is 19.0. The molecule has 7 heteroatoms. The molecule has 0 aliphatic heterocycles. The molecule has 6 nitrogen and oxygen atoms in total. The molecular weight excluding hydrogens is 416 g/mol. The molecule has 0 unspecified atom stereocenters. The van der Waals surface area contributed by atoms with E-state index in [0.29, 0.717) is 39.0 Å². The molecule has 2 amide bonds. The van der Waals surface area contributed by atoms with Crippen LogP contribution >= 0.6 is 11.6 Å². The Morgan fingerprint density at radius 2 is 1.68 bits per heavy atom. The van der Waals surface area contributed by atoms with Gasteiger partial charge in [0.2, 0.25) is 5.91 Å². The lowest BCUT2D eigenvalue weighted by molar-refractivity contribution is -0.111. The third-order valence-electron chi connectivity index (χ3n) is 4.37. The van der Waals surface area contributed by atoms with Crippen molar-refractivity contribution in [1.82, 2.24) is 0 Å². The summed E-state index contributed by atoms with van der Waals surface area (Å²) < 4.78 is 10.5. The molecule has 0 spiro atoms. The Morgan fingerprint density at radius 1 is 0.903 bits per heavy atom. The first-order chi connectivity index (χ1) is 15.0. The van der Waals surface area contributed by atoms with E-state index < -0.39 is 0 Å². The highest BCUT2D eigenvalue weighted by molar-refractivity contribution is 6.34. The van der Waals surface area contributed by atoms with Crippen LogP contribution in [0.25, 0.3) is 6.08 Å². The second-order valence-corrected chi connectivity index (χ2v) is 6.85. The van der Waals surface area contributed by atoms with Crippen molar-refractivity contribution < 1.29 is 19.1 Å². The first kappa shape index (κ1) is 21.9. The van der Waals surface area contributed by atoms with Gasteiger partial charge in [0.05, 0.1) is 24.9 Å². The molecule has 0 aliphatic carbocycles. The smallest absolute Gasteiger partial charge is 0.255 e. The molecule has 0 aliphatic rings. The molecule has 2 N–H and O–H groups in total.